The van der Waals surface area contributed by atoms with Crippen molar-refractivity contribution >= 4 is 11.9 Å². The Hall–Kier alpha value is -3.00. The minimum absolute atomic E-state index is 0.125. The van der Waals surface area contributed by atoms with E-state index in [0.29, 0.717) is 17.9 Å². The molecule has 0 aliphatic carbocycles. The van der Waals surface area contributed by atoms with Gasteiger partial charge in [-0.05, 0) is 36.4 Å². The maximum absolute atomic E-state index is 13.6. The molecule has 2 aromatic carbocycles. The first-order chi connectivity index (χ1) is 12.9. The molecular formula is C19H17F2NO5. The molecule has 0 unspecified atom stereocenters. The van der Waals surface area contributed by atoms with Crippen molar-refractivity contribution in [3.63, 3.8) is 0 Å². The molecule has 0 aromatic heterocycles. The lowest BCUT2D eigenvalue weighted by Crippen LogP contribution is -2.46. The van der Waals surface area contributed by atoms with Gasteiger partial charge in [0.05, 0.1) is 19.1 Å². The molecule has 8 heteroatoms. The summed E-state index contributed by atoms with van der Waals surface area (Å²) in [5.41, 5.74) is 0.387. The topological polar surface area (TPSA) is 76.1 Å². The third kappa shape index (κ3) is 4.79. The molecule has 1 amide bonds. The standard InChI is InChI=1S/C19H17F2NO5/c20-13-3-6-17(16(21)9-13)27-14-4-1-12(2-5-14)19(25)22-7-8-26-15(11-22)10-18(23)24/h1-6,9,15H,7-8,10-11H2,(H,23,24)/t15-/m0/s1. The molecule has 1 heterocycles. The van der Waals surface area contributed by atoms with E-state index in [2.05, 4.69) is 0 Å². The van der Waals surface area contributed by atoms with Gasteiger partial charge in [0.1, 0.15) is 11.6 Å². The average molecular weight is 377 g/mol. The minimum atomic E-state index is -0.983. The van der Waals surface area contributed by atoms with Crippen LogP contribution in [0.2, 0.25) is 0 Å². The Bertz CT molecular complexity index is 840. The Balaban J connectivity index is 1.65. The van der Waals surface area contributed by atoms with Crippen LogP contribution < -0.4 is 4.74 Å². The summed E-state index contributed by atoms with van der Waals surface area (Å²) >= 11 is 0. The monoisotopic (exact) mass is 377 g/mol. The van der Waals surface area contributed by atoms with Crippen LogP contribution in [0.5, 0.6) is 11.5 Å². The van der Waals surface area contributed by atoms with E-state index in [-0.39, 0.29) is 31.2 Å². The van der Waals surface area contributed by atoms with E-state index in [1.165, 1.54) is 35.2 Å². The number of carboxylic acid groups (broad SMARTS) is 1. The predicted molar refractivity (Wildman–Crippen MR) is 90.8 cm³/mol. The summed E-state index contributed by atoms with van der Waals surface area (Å²) in [6, 6.07) is 9.06. The van der Waals surface area contributed by atoms with E-state index in [0.717, 1.165) is 12.1 Å². The number of aliphatic carboxylic acids is 1. The molecule has 1 aliphatic heterocycles. The van der Waals surface area contributed by atoms with Crippen LogP contribution in [0.4, 0.5) is 8.78 Å². The number of halogens is 2. The first-order valence-corrected chi connectivity index (χ1v) is 8.28. The molecular weight excluding hydrogens is 360 g/mol. The molecule has 0 spiro atoms. The highest BCUT2D eigenvalue weighted by Crippen LogP contribution is 2.25. The van der Waals surface area contributed by atoms with Crippen LogP contribution in [-0.4, -0.2) is 47.7 Å². The van der Waals surface area contributed by atoms with Gasteiger partial charge in [-0.2, -0.15) is 0 Å². The smallest absolute Gasteiger partial charge is 0.306 e. The van der Waals surface area contributed by atoms with Crippen LogP contribution in [0.25, 0.3) is 0 Å². The zero-order valence-electron chi connectivity index (χ0n) is 14.2. The number of hydrogen-bond acceptors (Lipinski definition) is 4. The molecule has 6 nitrogen and oxygen atoms in total. The van der Waals surface area contributed by atoms with E-state index in [9.17, 15) is 18.4 Å². The summed E-state index contributed by atoms with van der Waals surface area (Å²) in [5, 5.41) is 8.85. The first kappa shape index (κ1) is 18.8. The van der Waals surface area contributed by atoms with Crippen molar-refractivity contribution in [3.05, 3.63) is 59.7 Å². The number of nitrogens with zero attached hydrogens (tertiary/aromatic N) is 1. The van der Waals surface area contributed by atoms with Crippen molar-refractivity contribution < 1.29 is 33.0 Å². The molecule has 0 radical (unpaired) electrons. The number of ether oxygens (including phenoxy) is 2. The fraction of sp³-hybridized carbons (Fsp3) is 0.263. The molecule has 0 saturated carbocycles. The maximum Gasteiger partial charge on any atom is 0.306 e. The number of rotatable bonds is 5. The van der Waals surface area contributed by atoms with Crippen molar-refractivity contribution in [2.24, 2.45) is 0 Å². The van der Waals surface area contributed by atoms with Crippen molar-refractivity contribution in [1.82, 2.24) is 4.90 Å². The summed E-state index contributed by atoms with van der Waals surface area (Å²) in [4.78, 5) is 24.9. The average Bonchev–Trinajstić information content (AvgIpc) is 2.64. The minimum Gasteiger partial charge on any atom is -0.481 e. The van der Waals surface area contributed by atoms with Crippen LogP contribution in [0.15, 0.2) is 42.5 Å². The Labute approximate surface area is 153 Å². The molecule has 1 aliphatic rings. The lowest BCUT2D eigenvalue weighted by Gasteiger charge is -2.32. The summed E-state index contributed by atoms with van der Waals surface area (Å²) in [6.45, 7) is 0.840. The molecule has 1 N–H and O–H groups in total. The first-order valence-electron chi connectivity index (χ1n) is 8.28. The van der Waals surface area contributed by atoms with Gasteiger partial charge in [0.15, 0.2) is 11.6 Å². The zero-order chi connectivity index (χ0) is 19.4. The van der Waals surface area contributed by atoms with Crippen LogP contribution in [0.3, 0.4) is 0 Å². The lowest BCUT2D eigenvalue weighted by molar-refractivity contribution is -0.141. The second-order valence-corrected chi connectivity index (χ2v) is 6.04. The summed E-state index contributed by atoms with van der Waals surface area (Å²) in [7, 11) is 0. The quantitative estimate of drug-likeness (QED) is 0.867. The second-order valence-electron chi connectivity index (χ2n) is 6.04. The van der Waals surface area contributed by atoms with E-state index in [1.807, 2.05) is 0 Å². The molecule has 2 aromatic rings. The highest BCUT2D eigenvalue weighted by atomic mass is 19.1. The highest BCUT2D eigenvalue weighted by molar-refractivity contribution is 5.94. The van der Waals surface area contributed by atoms with Gasteiger partial charge in [-0.25, -0.2) is 8.78 Å². The van der Waals surface area contributed by atoms with Gasteiger partial charge in [0, 0.05) is 24.7 Å². The summed E-state index contributed by atoms with van der Waals surface area (Å²) in [6.07, 6.45) is -0.705. The SMILES string of the molecule is O=C(O)C[C@H]1CN(C(=O)c2ccc(Oc3ccc(F)cc3F)cc2)CCO1. The highest BCUT2D eigenvalue weighted by Gasteiger charge is 2.26. The molecule has 142 valence electrons. The molecule has 27 heavy (non-hydrogen) atoms. The van der Waals surface area contributed by atoms with Crippen molar-refractivity contribution in [2.45, 2.75) is 12.5 Å². The van der Waals surface area contributed by atoms with Gasteiger partial charge in [0.2, 0.25) is 0 Å². The largest absolute Gasteiger partial charge is 0.481 e. The fourth-order valence-corrected chi connectivity index (χ4v) is 2.76. The number of amides is 1. The van der Waals surface area contributed by atoms with Crippen LogP contribution in [0, 0.1) is 11.6 Å². The molecule has 1 saturated heterocycles. The summed E-state index contributed by atoms with van der Waals surface area (Å²) in [5.74, 6) is -2.60. The van der Waals surface area contributed by atoms with Gasteiger partial charge in [0.25, 0.3) is 5.91 Å². The molecule has 1 fully saturated rings. The normalized spacial score (nSPS) is 16.8. The second kappa shape index (κ2) is 8.13. The van der Waals surface area contributed by atoms with Crippen LogP contribution >= 0.6 is 0 Å². The van der Waals surface area contributed by atoms with Crippen molar-refractivity contribution in [2.75, 3.05) is 19.7 Å². The Morgan fingerprint density at radius 2 is 1.93 bits per heavy atom. The van der Waals surface area contributed by atoms with E-state index in [1.54, 1.807) is 0 Å². The zero-order valence-corrected chi connectivity index (χ0v) is 14.2. The number of benzene rings is 2. The number of carbonyl (C=O) groups excluding carboxylic acids is 1. The van der Waals surface area contributed by atoms with Gasteiger partial charge in [-0.15, -0.1) is 0 Å². The van der Waals surface area contributed by atoms with Crippen LogP contribution in [-0.2, 0) is 9.53 Å². The lowest BCUT2D eigenvalue weighted by atomic mass is 10.1. The third-order valence-corrected chi connectivity index (χ3v) is 4.05. The molecule has 1 atom stereocenters. The van der Waals surface area contributed by atoms with Crippen molar-refractivity contribution in [1.29, 1.82) is 0 Å². The maximum atomic E-state index is 13.6. The fourth-order valence-electron chi connectivity index (χ4n) is 2.76. The molecule has 0 bridgehead atoms. The Morgan fingerprint density at radius 3 is 2.59 bits per heavy atom. The number of morpholine rings is 1. The predicted octanol–water partition coefficient (Wildman–Crippen LogP) is 3.07. The Kier molecular flexibility index (Phi) is 5.66. The van der Waals surface area contributed by atoms with E-state index >= 15 is 0 Å². The van der Waals surface area contributed by atoms with Gasteiger partial charge in [-0.1, -0.05) is 0 Å². The Morgan fingerprint density at radius 1 is 1.19 bits per heavy atom. The molecule has 3 rings (SSSR count). The van der Waals surface area contributed by atoms with Crippen LogP contribution in [0.1, 0.15) is 16.8 Å². The third-order valence-electron chi connectivity index (χ3n) is 4.05. The number of hydrogen-bond donors (Lipinski definition) is 1. The summed E-state index contributed by atoms with van der Waals surface area (Å²) < 4.78 is 37.3. The van der Waals surface area contributed by atoms with Gasteiger partial charge in [-0.3, -0.25) is 9.59 Å². The van der Waals surface area contributed by atoms with E-state index in [4.69, 9.17) is 14.6 Å². The van der Waals surface area contributed by atoms with Crippen molar-refractivity contribution in [3.8, 4) is 11.5 Å². The van der Waals surface area contributed by atoms with E-state index < -0.39 is 23.7 Å². The number of carboxylic acids is 1. The van der Waals surface area contributed by atoms with Gasteiger partial charge >= 0.3 is 5.97 Å². The van der Waals surface area contributed by atoms with Gasteiger partial charge < -0.3 is 19.5 Å². The number of carbonyl (C=O) groups is 2.